The molecule has 21 heavy (non-hydrogen) atoms. The zero-order chi connectivity index (χ0) is 14.5. The van der Waals surface area contributed by atoms with Crippen LogP contribution in [-0.4, -0.2) is 23.9 Å². The minimum atomic E-state index is 0.308. The smallest absolute Gasteiger partial charge is 0.222 e. The van der Waals surface area contributed by atoms with E-state index in [1.54, 1.807) is 11.3 Å². The van der Waals surface area contributed by atoms with Crippen LogP contribution >= 0.6 is 11.3 Å². The fourth-order valence-corrected chi connectivity index (χ4v) is 3.77. The van der Waals surface area contributed by atoms with Gasteiger partial charge in [0.15, 0.2) is 0 Å². The van der Waals surface area contributed by atoms with Crippen LogP contribution in [0, 0.1) is 0 Å². The normalized spacial score (nSPS) is 16.1. The Kier molecular flexibility index (Phi) is 4.71. The maximum Gasteiger partial charge on any atom is 0.222 e. The third-order valence-electron chi connectivity index (χ3n) is 4.33. The van der Waals surface area contributed by atoms with Gasteiger partial charge in [-0.3, -0.25) is 4.79 Å². The van der Waals surface area contributed by atoms with Crippen LogP contribution in [0.25, 0.3) is 0 Å². The number of carbonyl (C=O) groups is 1. The van der Waals surface area contributed by atoms with Crippen LogP contribution in [0.1, 0.15) is 36.3 Å². The zero-order valence-electron chi connectivity index (χ0n) is 12.2. The first-order valence-corrected chi connectivity index (χ1v) is 8.61. The molecule has 0 bridgehead atoms. The third-order valence-corrected chi connectivity index (χ3v) is 5.03. The molecule has 1 aromatic heterocycles. The lowest BCUT2D eigenvalue weighted by Gasteiger charge is -2.32. The minimum Gasteiger partial charge on any atom is -0.343 e. The molecule has 0 aliphatic carbocycles. The second-order valence-corrected chi connectivity index (χ2v) is 6.48. The highest BCUT2D eigenvalue weighted by molar-refractivity contribution is 7.07. The number of piperidine rings is 1. The van der Waals surface area contributed by atoms with Gasteiger partial charge in [-0.25, -0.2) is 0 Å². The van der Waals surface area contributed by atoms with Crippen molar-refractivity contribution >= 4 is 17.2 Å². The zero-order valence-corrected chi connectivity index (χ0v) is 13.0. The Bertz CT molecular complexity index is 556. The number of rotatable bonds is 4. The highest BCUT2D eigenvalue weighted by Gasteiger charge is 2.23. The molecule has 0 saturated carbocycles. The molecule has 1 aliphatic rings. The van der Waals surface area contributed by atoms with Gasteiger partial charge in [0.05, 0.1) is 0 Å². The van der Waals surface area contributed by atoms with Crippen molar-refractivity contribution in [3.8, 4) is 0 Å². The Hall–Kier alpha value is -1.61. The van der Waals surface area contributed by atoms with E-state index in [1.165, 1.54) is 11.1 Å². The van der Waals surface area contributed by atoms with Crippen molar-refractivity contribution in [3.63, 3.8) is 0 Å². The number of benzene rings is 1. The number of hydrogen-bond donors (Lipinski definition) is 0. The summed E-state index contributed by atoms with van der Waals surface area (Å²) in [5.41, 5.74) is 2.70. The first kappa shape index (κ1) is 14.3. The molecule has 2 heterocycles. The van der Waals surface area contributed by atoms with E-state index in [4.69, 9.17) is 0 Å². The molecule has 3 heteroatoms. The third kappa shape index (κ3) is 3.73. The van der Waals surface area contributed by atoms with Gasteiger partial charge in [-0.05, 0) is 53.1 Å². The molecule has 0 N–H and O–H groups in total. The molecule has 1 aliphatic heterocycles. The van der Waals surface area contributed by atoms with Crippen LogP contribution in [0.15, 0.2) is 47.2 Å². The van der Waals surface area contributed by atoms with Gasteiger partial charge in [0, 0.05) is 19.5 Å². The molecule has 3 rings (SSSR count). The lowest BCUT2D eigenvalue weighted by Crippen LogP contribution is -2.37. The van der Waals surface area contributed by atoms with Gasteiger partial charge in [-0.1, -0.05) is 30.3 Å². The van der Waals surface area contributed by atoms with Crippen molar-refractivity contribution < 1.29 is 4.79 Å². The SMILES string of the molecule is O=C(CCc1ccccc1)N1CCC(c2ccsc2)CC1. The van der Waals surface area contributed by atoms with E-state index in [0.29, 0.717) is 18.2 Å². The summed E-state index contributed by atoms with van der Waals surface area (Å²) in [5.74, 6) is 0.956. The average molecular weight is 299 g/mol. The molecule has 2 nitrogen and oxygen atoms in total. The Morgan fingerprint density at radius 2 is 1.90 bits per heavy atom. The highest BCUT2D eigenvalue weighted by atomic mass is 32.1. The molecule has 2 aromatic rings. The predicted molar refractivity (Wildman–Crippen MR) is 87.6 cm³/mol. The van der Waals surface area contributed by atoms with Gasteiger partial charge in [-0.15, -0.1) is 0 Å². The summed E-state index contributed by atoms with van der Waals surface area (Å²) in [6.45, 7) is 1.82. The van der Waals surface area contributed by atoms with Crippen LogP contribution in [0.2, 0.25) is 0 Å². The van der Waals surface area contributed by atoms with Crippen molar-refractivity contribution in [2.45, 2.75) is 31.6 Å². The van der Waals surface area contributed by atoms with E-state index in [0.717, 1.165) is 32.4 Å². The number of hydrogen-bond acceptors (Lipinski definition) is 2. The minimum absolute atomic E-state index is 0.308. The Labute approximate surface area is 130 Å². The van der Waals surface area contributed by atoms with Gasteiger partial charge < -0.3 is 4.90 Å². The largest absolute Gasteiger partial charge is 0.343 e. The Morgan fingerprint density at radius 3 is 2.57 bits per heavy atom. The fraction of sp³-hybridized carbons (Fsp3) is 0.389. The summed E-state index contributed by atoms with van der Waals surface area (Å²) in [6, 6.07) is 12.5. The number of aryl methyl sites for hydroxylation is 1. The summed E-state index contributed by atoms with van der Waals surface area (Å²) >= 11 is 1.77. The van der Waals surface area contributed by atoms with Gasteiger partial charge in [0.1, 0.15) is 0 Å². The number of nitrogens with zero attached hydrogens (tertiary/aromatic N) is 1. The number of amides is 1. The maximum atomic E-state index is 12.3. The lowest BCUT2D eigenvalue weighted by atomic mass is 9.91. The number of thiophene rings is 1. The average Bonchev–Trinajstić information content (AvgIpc) is 3.08. The van der Waals surface area contributed by atoms with E-state index < -0.39 is 0 Å². The van der Waals surface area contributed by atoms with Crippen molar-refractivity contribution in [3.05, 3.63) is 58.3 Å². The summed E-state index contributed by atoms with van der Waals surface area (Å²) in [4.78, 5) is 14.3. The molecule has 1 saturated heterocycles. The van der Waals surface area contributed by atoms with E-state index in [1.807, 2.05) is 23.1 Å². The van der Waals surface area contributed by atoms with Crippen molar-refractivity contribution in [1.29, 1.82) is 0 Å². The molecular formula is C18H21NOS. The maximum absolute atomic E-state index is 12.3. The van der Waals surface area contributed by atoms with Gasteiger partial charge >= 0.3 is 0 Å². The first-order valence-electron chi connectivity index (χ1n) is 7.67. The van der Waals surface area contributed by atoms with Gasteiger partial charge in [0.25, 0.3) is 0 Å². The fourth-order valence-electron chi connectivity index (χ4n) is 3.02. The molecule has 1 amide bonds. The Balaban J connectivity index is 1.47. The molecule has 0 unspecified atom stereocenters. The second-order valence-electron chi connectivity index (χ2n) is 5.70. The monoisotopic (exact) mass is 299 g/mol. The summed E-state index contributed by atoms with van der Waals surface area (Å²) in [5, 5.41) is 4.39. The first-order chi connectivity index (χ1) is 10.3. The van der Waals surface area contributed by atoms with Crippen LogP contribution in [0.3, 0.4) is 0 Å². The van der Waals surface area contributed by atoms with Crippen molar-refractivity contribution in [2.24, 2.45) is 0 Å². The number of carbonyl (C=O) groups excluding carboxylic acids is 1. The molecule has 0 spiro atoms. The Morgan fingerprint density at radius 1 is 1.14 bits per heavy atom. The van der Waals surface area contributed by atoms with E-state index in [-0.39, 0.29) is 0 Å². The van der Waals surface area contributed by atoms with Crippen molar-refractivity contribution in [2.75, 3.05) is 13.1 Å². The van der Waals surface area contributed by atoms with E-state index in [2.05, 4.69) is 29.0 Å². The molecular weight excluding hydrogens is 278 g/mol. The van der Waals surface area contributed by atoms with E-state index >= 15 is 0 Å². The number of likely N-dealkylation sites (tertiary alicyclic amines) is 1. The summed E-state index contributed by atoms with van der Waals surface area (Å²) < 4.78 is 0. The van der Waals surface area contributed by atoms with Crippen LogP contribution in [0.4, 0.5) is 0 Å². The standard InChI is InChI=1S/C18H21NOS/c20-18(7-6-15-4-2-1-3-5-15)19-11-8-16(9-12-19)17-10-13-21-14-17/h1-5,10,13-14,16H,6-9,11-12H2. The summed E-state index contributed by atoms with van der Waals surface area (Å²) in [6.07, 6.45) is 3.69. The predicted octanol–water partition coefficient (Wildman–Crippen LogP) is 4.09. The second kappa shape index (κ2) is 6.90. The quantitative estimate of drug-likeness (QED) is 0.833. The van der Waals surface area contributed by atoms with Crippen LogP contribution in [0.5, 0.6) is 0 Å². The van der Waals surface area contributed by atoms with Crippen LogP contribution in [-0.2, 0) is 11.2 Å². The lowest BCUT2D eigenvalue weighted by molar-refractivity contribution is -0.132. The topological polar surface area (TPSA) is 20.3 Å². The van der Waals surface area contributed by atoms with E-state index in [9.17, 15) is 4.79 Å². The molecule has 1 fully saturated rings. The molecule has 0 radical (unpaired) electrons. The van der Waals surface area contributed by atoms with Crippen LogP contribution < -0.4 is 0 Å². The molecule has 110 valence electrons. The molecule has 0 atom stereocenters. The molecule has 1 aromatic carbocycles. The highest BCUT2D eigenvalue weighted by Crippen LogP contribution is 2.29. The summed E-state index contributed by atoms with van der Waals surface area (Å²) in [7, 11) is 0. The van der Waals surface area contributed by atoms with Crippen molar-refractivity contribution in [1.82, 2.24) is 4.90 Å². The van der Waals surface area contributed by atoms with Gasteiger partial charge in [0.2, 0.25) is 5.91 Å². The van der Waals surface area contributed by atoms with Gasteiger partial charge in [-0.2, -0.15) is 11.3 Å².